The predicted octanol–water partition coefficient (Wildman–Crippen LogP) is 0.706. The lowest BCUT2D eigenvalue weighted by atomic mass is 10.1. The number of hydrogen-bond acceptors (Lipinski definition) is 4. The maximum absolute atomic E-state index is 11.9. The second-order valence-electron chi connectivity index (χ2n) is 3.98. The Kier molecular flexibility index (Phi) is 6.18. The van der Waals surface area contributed by atoms with Gasteiger partial charge in [0.05, 0.1) is 18.8 Å². The van der Waals surface area contributed by atoms with Crippen molar-refractivity contribution >= 4 is 11.6 Å². The fourth-order valence-electron chi connectivity index (χ4n) is 1.63. The van der Waals surface area contributed by atoms with Crippen LogP contribution in [0.1, 0.15) is 22.3 Å². The highest BCUT2D eigenvalue weighted by Gasteiger charge is 2.11. The molecule has 0 unspecified atom stereocenters. The summed E-state index contributed by atoms with van der Waals surface area (Å²) < 4.78 is 5.09. The number of anilines is 1. The van der Waals surface area contributed by atoms with Crippen molar-refractivity contribution in [1.29, 1.82) is 0 Å². The van der Waals surface area contributed by atoms with Crippen molar-refractivity contribution in [2.24, 2.45) is 0 Å². The number of ether oxygens (including phenoxy) is 1. The molecule has 100 valence electrons. The van der Waals surface area contributed by atoms with Gasteiger partial charge in [-0.3, -0.25) is 4.79 Å². The van der Waals surface area contributed by atoms with E-state index in [1.165, 1.54) is 0 Å². The van der Waals surface area contributed by atoms with E-state index in [2.05, 4.69) is 5.32 Å². The van der Waals surface area contributed by atoms with Gasteiger partial charge in [0.25, 0.3) is 5.91 Å². The summed E-state index contributed by atoms with van der Waals surface area (Å²) in [5.41, 5.74) is 7.67. The lowest BCUT2D eigenvalue weighted by molar-refractivity contribution is 0.0868. The number of aryl methyl sites for hydroxylation is 1. The monoisotopic (exact) mass is 252 g/mol. The number of carbonyl (C=O) groups is 1. The SMILES string of the molecule is Cc1cccc(N)c1C(=O)NCCCOCCO. The zero-order valence-electron chi connectivity index (χ0n) is 10.6. The molecule has 0 fully saturated rings. The number of nitrogens with one attached hydrogen (secondary N) is 1. The van der Waals surface area contributed by atoms with E-state index in [4.69, 9.17) is 15.6 Å². The van der Waals surface area contributed by atoms with Crippen LogP contribution in [0.15, 0.2) is 18.2 Å². The Morgan fingerprint density at radius 2 is 2.22 bits per heavy atom. The molecule has 0 heterocycles. The van der Waals surface area contributed by atoms with Crippen molar-refractivity contribution in [3.63, 3.8) is 0 Å². The molecule has 0 aliphatic heterocycles. The molecular formula is C13H20N2O3. The van der Waals surface area contributed by atoms with Crippen molar-refractivity contribution in [1.82, 2.24) is 5.32 Å². The molecule has 0 saturated heterocycles. The third kappa shape index (κ3) is 4.35. The molecule has 1 rings (SSSR count). The van der Waals surface area contributed by atoms with Crippen molar-refractivity contribution in [3.05, 3.63) is 29.3 Å². The number of rotatable bonds is 7. The molecule has 0 atom stereocenters. The molecule has 0 bridgehead atoms. The summed E-state index contributed by atoms with van der Waals surface area (Å²) in [5.74, 6) is -0.159. The van der Waals surface area contributed by atoms with Crippen molar-refractivity contribution in [2.75, 3.05) is 32.1 Å². The molecule has 18 heavy (non-hydrogen) atoms. The van der Waals surface area contributed by atoms with E-state index in [0.29, 0.717) is 37.4 Å². The molecular weight excluding hydrogens is 232 g/mol. The van der Waals surface area contributed by atoms with Crippen molar-refractivity contribution in [2.45, 2.75) is 13.3 Å². The maximum Gasteiger partial charge on any atom is 0.253 e. The lowest BCUT2D eigenvalue weighted by Gasteiger charge is -2.10. The first-order chi connectivity index (χ1) is 8.66. The topological polar surface area (TPSA) is 84.6 Å². The van der Waals surface area contributed by atoms with Gasteiger partial charge in [-0.15, -0.1) is 0 Å². The van der Waals surface area contributed by atoms with Crippen LogP contribution >= 0.6 is 0 Å². The molecule has 1 amide bonds. The highest BCUT2D eigenvalue weighted by molar-refractivity contribution is 6.00. The van der Waals surface area contributed by atoms with Crippen LogP contribution in [0, 0.1) is 6.92 Å². The van der Waals surface area contributed by atoms with E-state index in [0.717, 1.165) is 5.56 Å². The summed E-state index contributed by atoms with van der Waals surface area (Å²) in [6.45, 7) is 3.25. The van der Waals surface area contributed by atoms with E-state index in [1.54, 1.807) is 6.07 Å². The highest BCUT2D eigenvalue weighted by atomic mass is 16.5. The Labute approximate surface area is 107 Å². The summed E-state index contributed by atoms with van der Waals surface area (Å²) >= 11 is 0. The number of carbonyl (C=O) groups excluding carboxylic acids is 1. The van der Waals surface area contributed by atoms with Crippen molar-refractivity contribution < 1.29 is 14.6 Å². The van der Waals surface area contributed by atoms with Gasteiger partial charge in [0.15, 0.2) is 0 Å². The first-order valence-electron chi connectivity index (χ1n) is 5.98. The average Bonchev–Trinajstić information content (AvgIpc) is 2.33. The predicted molar refractivity (Wildman–Crippen MR) is 70.4 cm³/mol. The maximum atomic E-state index is 11.9. The fourth-order valence-corrected chi connectivity index (χ4v) is 1.63. The number of benzene rings is 1. The quantitative estimate of drug-likeness (QED) is 0.493. The minimum Gasteiger partial charge on any atom is -0.398 e. The van der Waals surface area contributed by atoms with Gasteiger partial charge in [-0.05, 0) is 25.0 Å². The average molecular weight is 252 g/mol. The Morgan fingerprint density at radius 3 is 2.89 bits per heavy atom. The zero-order valence-corrected chi connectivity index (χ0v) is 10.6. The molecule has 0 spiro atoms. The molecule has 5 heteroatoms. The van der Waals surface area contributed by atoms with Crippen LogP contribution < -0.4 is 11.1 Å². The second-order valence-corrected chi connectivity index (χ2v) is 3.98. The van der Waals surface area contributed by atoms with Crippen LogP contribution in [0.4, 0.5) is 5.69 Å². The Balaban J connectivity index is 2.37. The van der Waals surface area contributed by atoms with E-state index in [9.17, 15) is 4.79 Å². The van der Waals surface area contributed by atoms with Gasteiger partial charge in [0.1, 0.15) is 0 Å². The number of nitrogens with two attached hydrogens (primary N) is 1. The number of amides is 1. The smallest absolute Gasteiger partial charge is 0.253 e. The molecule has 4 N–H and O–H groups in total. The van der Waals surface area contributed by atoms with Crippen LogP contribution in [-0.4, -0.2) is 37.4 Å². The van der Waals surface area contributed by atoms with Crippen LogP contribution in [0.3, 0.4) is 0 Å². The van der Waals surface area contributed by atoms with Crippen LogP contribution in [0.25, 0.3) is 0 Å². The Hall–Kier alpha value is -1.59. The molecule has 5 nitrogen and oxygen atoms in total. The van der Waals surface area contributed by atoms with Gasteiger partial charge in [-0.2, -0.15) is 0 Å². The first-order valence-corrected chi connectivity index (χ1v) is 5.98. The van der Waals surface area contributed by atoms with E-state index in [-0.39, 0.29) is 12.5 Å². The van der Waals surface area contributed by atoms with Gasteiger partial charge >= 0.3 is 0 Å². The second kappa shape index (κ2) is 7.68. The van der Waals surface area contributed by atoms with Crippen molar-refractivity contribution in [3.8, 4) is 0 Å². The standard InChI is InChI=1S/C13H20N2O3/c1-10-4-2-5-11(14)12(10)13(17)15-6-3-8-18-9-7-16/h2,4-5,16H,3,6-9,14H2,1H3,(H,15,17). The molecule has 0 aliphatic rings. The number of hydrogen-bond donors (Lipinski definition) is 3. The third-order valence-electron chi connectivity index (χ3n) is 2.52. The van der Waals surface area contributed by atoms with Gasteiger partial charge < -0.3 is 20.9 Å². The summed E-state index contributed by atoms with van der Waals surface area (Å²) in [6.07, 6.45) is 0.706. The Morgan fingerprint density at radius 1 is 1.44 bits per heavy atom. The zero-order chi connectivity index (χ0) is 13.4. The molecule has 0 radical (unpaired) electrons. The molecule has 1 aromatic rings. The Bertz CT molecular complexity index is 374. The summed E-state index contributed by atoms with van der Waals surface area (Å²) in [7, 11) is 0. The molecule has 1 aromatic carbocycles. The molecule has 0 aliphatic carbocycles. The van der Waals surface area contributed by atoms with Gasteiger partial charge in [0, 0.05) is 18.8 Å². The van der Waals surface area contributed by atoms with Gasteiger partial charge in [-0.1, -0.05) is 12.1 Å². The van der Waals surface area contributed by atoms with Gasteiger partial charge in [0.2, 0.25) is 0 Å². The third-order valence-corrected chi connectivity index (χ3v) is 2.52. The summed E-state index contributed by atoms with van der Waals surface area (Å²) in [5, 5.41) is 11.3. The van der Waals surface area contributed by atoms with Crippen LogP contribution in [0.2, 0.25) is 0 Å². The van der Waals surface area contributed by atoms with Crippen LogP contribution in [0.5, 0.6) is 0 Å². The lowest BCUT2D eigenvalue weighted by Crippen LogP contribution is -2.27. The van der Waals surface area contributed by atoms with E-state index < -0.39 is 0 Å². The molecule has 0 saturated carbocycles. The minimum absolute atomic E-state index is 0.0199. The fraction of sp³-hybridized carbons (Fsp3) is 0.462. The number of aliphatic hydroxyl groups excluding tert-OH is 1. The van der Waals surface area contributed by atoms with E-state index in [1.807, 2.05) is 19.1 Å². The van der Waals surface area contributed by atoms with E-state index >= 15 is 0 Å². The molecule has 0 aromatic heterocycles. The largest absolute Gasteiger partial charge is 0.398 e. The van der Waals surface area contributed by atoms with Gasteiger partial charge in [-0.25, -0.2) is 0 Å². The first kappa shape index (κ1) is 14.5. The summed E-state index contributed by atoms with van der Waals surface area (Å²) in [6, 6.07) is 5.39. The normalized spacial score (nSPS) is 10.3. The summed E-state index contributed by atoms with van der Waals surface area (Å²) in [4.78, 5) is 11.9. The number of aliphatic hydroxyl groups is 1. The minimum atomic E-state index is -0.159. The number of nitrogen functional groups attached to an aromatic ring is 1. The van der Waals surface area contributed by atoms with Crippen LogP contribution in [-0.2, 0) is 4.74 Å². The highest BCUT2D eigenvalue weighted by Crippen LogP contribution is 2.15.